The van der Waals surface area contributed by atoms with Crippen LogP contribution >= 0.6 is 0 Å². The van der Waals surface area contributed by atoms with E-state index in [9.17, 15) is 17.6 Å². The number of benzene rings is 1. The first-order valence-corrected chi connectivity index (χ1v) is 8.52. The number of methoxy groups -OCH3 is 2. The number of rotatable bonds is 8. The molecule has 2 rings (SSSR count). The van der Waals surface area contributed by atoms with Gasteiger partial charge in [0, 0.05) is 0 Å². The van der Waals surface area contributed by atoms with Crippen LogP contribution in [0.3, 0.4) is 0 Å². The summed E-state index contributed by atoms with van der Waals surface area (Å²) >= 11 is 0. The van der Waals surface area contributed by atoms with Crippen molar-refractivity contribution in [1.82, 2.24) is 9.97 Å². The van der Waals surface area contributed by atoms with E-state index < -0.39 is 39.3 Å². The molecule has 0 atom stereocenters. The first-order valence-electron chi connectivity index (χ1n) is 6.91. The van der Waals surface area contributed by atoms with Crippen molar-refractivity contribution < 1.29 is 37.0 Å². The number of carboxylic acids is 1. The molecular weight excluding hydrogens is 373 g/mol. The maximum Gasteiger partial charge on any atom is 0.351 e. The number of nitrogens with zero attached hydrogens (tertiary/aromatic N) is 3. The Labute approximate surface area is 147 Å². The van der Waals surface area contributed by atoms with Crippen LogP contribution in [-0.4, -0.2) is 49.4 Å². The Morgan fingerprint density at radius 2 is 1.77 bits per heavy atom. The standard InChI is InChI=1S/C14H14FN3O7S/c1-23-11-7-12(24-2)17-14(16-11)25-18(26(21,22)8-13(19)20)10-6-4-3-5-9(10)15/h3-7H,8H2,1-2H3,(H,19,20). The molecule has 0 aliphatic heterocycles. The van der Waals surface area contributed by atoms with Crippen LogP contribution in [0.4, 0.5) is 10.1 Å². The van der Waals surface area contributed by atoms with Gasteiger partial charge in [-0.1, -0.05) is 16.6 Å². The van der Waals surface area contributed by atoms with E-state index in [0.717, 1.165) is 12.1 Å². The molecule has 0 aliphatic carbocycles. The second-order valence-corrected chi connectivity index (χ2v) is 6.44. The Bertz CT molecular complexity index is 885. The van der Waals surface area contributed by atoms with Crippen LogP contribution in [0.15, 0.2) is 30.3 Å². The fraction of sp³-hybridized carbons (Fsp3) is 0.214. The lowest BCUT2D eigenvalue weighted by molar-refractivity contribution is -0.134. The third kappa shape index (κ3) is 4.47. The first-order chi connectivity index (χ1) is 12.3. The quantitative estimate of drug-likeness (QED) is 0.655. The fourth-order valence-electron chi connectivity index (χ4n) is 1.78. The summed E-state index contributed by atoms with van der Waals surface area (Å²) in [5.74, 6) is -4.00. The maximum atomic E-state index is 14.1. The Morgan fingerprint density at radius 1 is 1.19 bits per heavy atom. The van der Waals surface area contributed by atoms with Gasteiger partial charge < -0.3 is 19.4 Å². The zero-order valence-corrected chi connectivity index (χ0v) is 14.4. The van der Waals surface area contributed by atoms with Crippen molar-refractivity contribution in [2.24, 2.45) is 0 Å². The van der Waals surface area contributed by atoms with Crippen molar-refractivity contribution in [3.8, 4) is 17.8 Å². The number of hydrogen-bond donors (Lipinski definition) is 1. The molecule has 0 radical (unpaired) electrons. The highest BCUT2D eigenvalue weighted by molar-refractivity contribution is 7.93. The molecule has 1 N–H and O–H groups in total. The summed E-state index contributed by atoms with van der Waals surface area (Å²) in [4.78, 5) is 23.5. The lowest BCUT2D eigenvalue weighted by Crippen LogP contribution is -2.39. The average molecular weight is 387 g/mol. The van der Waals surface area contributed by atoms with Gasteiger partial charge in [-0.15, -0.1) is 0 Å². The van der Waals surface area contributed by atoms with Gasteiger partial charge in [-0.2, -0.15) is 9.97 Å². The minimum Gasteiger partial charge on any atom is -0.481 e. The van der Waals surface area contributed by atoms with Gasteiger partial charge in [-0.05, 0) is 12.1 Å². The topological polar surface area (TPSA) is 128 Å². The summed E-state index contributed by atoms with van der Waals surface area (Å²) in [5, 5.41) is 8.82. The maximum absolute atomic E-state index is 14.1. The number of halogens is 1. The average Bonchev–Trinajstić information content (AvgIpc) is 2.59. The minimum absolute atomic E-state index is 0.0176. The zero-order valence-electron chi connectivity index (χ0n) is 13.6. The Morgan fingerprint density at radius 3 is 2.27 bits per heavy atom. The number of aromatic nitrogens is 2. The number of sulfonamides is 1. The fourth-order valence-corrected chi connectivity index (χ4v) is 2.84. The highest BCUT2D eigenvalue weighted by atomic mass is 32.2. The number of carbonyl (C=O) groups is 1. The molecule has 0 saturated heterocycles. The number of carboxylic acid groups (broad SMARTS) is 1. The summed E-state index contributed by atoms with van der Waals surface area (Å²) in [7, 11) is -2.04. The van der Waals surface area contributed by atoms with Gasteiger partial charge in [0.2, 0.25) is 11.8 Å². The van der Waals surface area contributed by atoms with Gasteiger partial charge in [0.1, 0.15) is 5.69 Å². The molecule has 1 heterocycles. The predicted octanol–water partition coefficient (Wildman–Crippen LogP) is 0.848. The second-order valence-electron chi connectivity index (χ2n) is 4.66. The minimum atomic E-state index is -4.62. The highest BCUT2D eigenvalue weighted by Crippen LogP contribution is 2.25. The molecule has 26 heavy (non-hydrogen) atoms. The van der Waals surface area contributed by atoms with Crippen LogP contribution < -0.4 is 18.8 Å². The SMILES string of the molecule is COc1cc(OC)nc(ON(c2ccccc2F)S(=O)(=O)CC(=O)O)n1. The molecule has 0 aliphatic rings. The van der Waals surface area contributed by atoms with Crippen LogP contribution in [0.25, 0.3) is 0 Å². The molecule has 12 heteroatoms. The molecule has 0 unspecified atom stereocenters. The van der Waals surface area contributed by atoms with Crippen molar-refractivity contribution in [2.45, 2.75) is 0 Å². The van der Waals surface area contributed by atoms with E-state index in [2.05, 4.69) is 9.97 Å². The van der Waals surface area contributed by atoms with E-state index >= 15 is 0 Å². The van der Waals surface area contributed by atoms with Crippen molar-refractivity contribution in [2.75, 3.05) is 24.4 Å². The van der Waals surface area contributed by atoms with Gasteiger partial charge in [-0.3, -0.25) is 4.79 Å². The molecule has 2 aromatic rings. The van der Waals surface area contributed by atoms with Crippen LogP contribution in [0.2, 0.25) is 0 Å². The first kappa shape index (κ1) is 19.2. The lowest BCUT2D eigenvalue weighted by Gasteiger charge is -2.22. The van der Waals surface area contributed by atoms with Gasteiger partial charge >= 0.3 is 12.0 Å². The normalized spacial score (nSPS) is 10.9. The largest absolute Gasteiger partial charge is 0.481 e. The highest BCUT2D eigenvalue weighted by Gasteiger charge is 2.31. The molecule has 10 nitrogen and oxygen atoms in total. The van der Waals surface area contributed by atoms with Crippen molar-refractivity contribution in [3.05, 3.63) is 36.1 Å². The number of aliphatic carboxylic acids is 1. The van der Waals surface area contributed by atoms with Gasteiger partial charge in [0.05, 0.1) is 20.3 Å². The summed E-state index contributed by atoms with van der Waals surface area (Å²) in [6.45, 7) is 0. The second kappa shape index (κ2) is 7.82. The van der Waals surface area contributed by atoms with Gasteiger partial charge in [0.15, 0.2) is 11.6 Å². The smallest absolute Gasteiger partial charge is 0.351 e. The van der Waals surface area contributed by atoms with Crippen molar-refractivity contribution in [1.29, 1.82) is 0 Å². The molecule has 1 aromatic carbocycles. The van der Waals surface area contributed by atoms with E-state index in [-0.39, 0.29) is 16.2 Å². The van der Waals surface area contributed by atoms with Crippen molar-refractivity contribution in [3.63, 3.8) is 0 Å². The van der Waals surface area contributed by atoms with Crippen LogP contribution in [0.1, 0.15) is 0 Å². The summed E-state index contributed by atoms with van der Waals surface area (Å²) in [6.07, 6.45) is 0. The molecule has 0 bridgehead atoms. The van der Waals surface area contributed by atoms with Gasteiger partial charge in [0.25, 0.3) is 10.0 Å². The van der Waals surface area contributed by atoms with E-state index in [1.165, 1.54) is 32.4 Å². The number of ether oxygens (including phenoxy) is 2. The monoisotopic (exact) mass is 387 g/mol. The molecule has 140 valence electrons. The van der Waals surface area contributed by atoms with Crippen LogP contribution in [0, 0.1) is 5.82 Å². The molecule has 1 aromatic heterocycles. The molecule has 0 amide bonds. The Kier molecular flexibility index (Phi) is 5.77. The molecule has 0 saturated carbocycles. The number of para-hydroxylation sites is 1. The number of hydrogen-bond acceptors (Lipinski definition) is 8. The molecular formula is C14H14FN3O7S. The Balaban J connectivity index is 2.52. The van der Waals surface area contributed by atoms with E-state index in [1.54, 1.807) is 0 Å². The molecule has 0 fully saturated rings. The summed E-state index contributed by atoms with van der Waals surface area (Å²) < 4.78 is 48.7. The zero-order chi connectivity index (χ0) is 19.3. The van der Waals surface area contributed by atoms with Gasteiger partial charge in [-0.25, -0.2) is 12.8 Å². The van der Waals surface area contributed by atoms with E-state index in [0.29, 0.717) is 0 Å². The third-order valence-electron chi connectivity index (χ3n) is 2.85. The molecule has 0 spiro atoms. The summed E-state index contributed by atoms with van der Waals surface area (Å²) in [5.41, 5.74) is -0.542. The van der Waals surface area contributed by atoms with Crippen LogP contribution in [0.5, 0.6) is 17.8 Å². The summed E-state index contributed by atoms with van der Waals surface area (Å²) in [6, 6.07) is 5.48. The van der Waals surface area contributed by atoms with E-state index in [4.69, 9.17) is 19.4 Å². The third-order valence-corrected chi connectivity index (χ3v) is 4.24. The lowest BCUT2D eigenvalue weighted by atomic mass is 10.3. The predicted molar refractivity (Wildman–Crippen MR) is 86.1 cm³/mol. The Hall–Kier alpha value is -3.15. The van der Waals surface area contributed by atoms with Crippen LogP contribution in [-0.2, 0) is 14.8 Å². The number of anilines is 1. The van der Waals surface area contributed by atoms with Crippen molar-refractivity contribution >= 4 is 21.7 Å². The van der Waals surface area contributed by atoms with E-state index in [1.807, 2.05) is 0 Å².